The van der Waals surface area contributed by atoms with Gasteiger partial charge in [-0.25, -0.2) is 4.98 Å². The van der Waals surface area contributed by atoms with Gasteiger partial charge in [-0.05, 0) is 25.5 Å². The van der Waals surface area contributed by atoms with Gasteiger partial charge < -0.3 is 11.1 Å². The van der Waals surface area contributed by atoms with Crippen molar-refractivity contribution in [2.24, 2.45) is 0 Å². The average Bonchev–Trinajstić information content (AvgIpc) is 2.30. The number of aryl methyl sites for hydroxylation is 1. The number of benzene rings is 1. The van der Waals surface area contributed by atoms with Gasteiger partial charge in [-0.2, -0.15) is 4.98 Å². The lowest BCUT2D eigenvalue weighted by atomic mass is 10.1. The highest BCUT2D eigenvalue weighted by Gasteiger charge is 2.05. The molecule has 0 aliphatic rings. The third-order valence-corrected chi connectivity index (χ3v) is 2.69. The van der Waals surface area contributed by atoms with Crippen LogP contribution in [0.3, 0.4) is 0 Å². The van der Waals surface area contributed by atoms with E-state index in [1.54, 1.807) is 0 Å². The number of anilines is 2. The van der Waals surface area contributed by atoms with Gasteiger partial charge in [0.2, 0.25) is 5.95 Å². The Morgan fingerprint density at radius 2 is 2.12 bits per heavy atom. The lowest BCUT2D eigenvalue weighted by Crippen LogP contribution is -2.06. The largest absolute Gasteiger partial charge is 0.369 e. The Morgan fingerprint density at radius 1 is 1.29 bits per heavy atom. The van der Waals surface area contributed by atoms with Gasteiger partial charge in [-0.15, -0.1) is 0 Å². The van der Waals surface area contributed by atoms with Crippen LogP contribution >= 0.6 is 0 Å². The number of aromatic nitrogens is 2. The quantitative estimate of drug-likeness (QED) is 0.793. The van der Waals surface area contributed by atoms with Crippen LogP contribution in [0.2, 0.25) is 0 Å². The second-order valence-corrected chi connectivity index (χ2v) is 4.23. The molecular weight excluding hydrogens is 212 g/mol. The normalized spacial score (nSPS) is 10.7. The van der Waals surface area contributed by atoms with Crippen molar-refractivity contribution in [1.29, 1.82) is 0 Å². The van der Waals surface area contributed by atoms with Crippen molar-refractivity contribution in [3.8, 4) is 0 Å². The van der Waals surface area contributed by atoms with Crippen molar-refractivity contribution < 1.29 is 0 Å². The summed E-state index contributed by atoms with van der Waals surface area (Å²) in [5, 5.41) is 4.36. The second-order valence-electron chi connectivity index (χ2n) is 4.23. The molecule has 17 heavy (non-hydrogen) atoms. The Balaban J connectivity index is 2.40. The van der Waals surface area contributed by atoms with Crippen molar-refractivity contribution in [1.82, 2.24) is 9.97 Å². The SMILES string of the molecule is CCCCNc1nc(N)nc2ccc(C)cc12. The lowest BCUT2D eigenvalue weighted by molar-refractivity contribution is 0.832. The van der Waals surface area contributed by atoms with E-state index in [1.165, 1.54) is 5.56 Å². The molecule has 3 N–H and O–H groups in total. The molecule has 0 saturated carbocycles. The third-order valence-electron chi connectivity index (χ3n) is 2.69. The number of rotatable bonds is 4. The third kappa shape index (κ3) is 2.64. The highest BCUT2D eigenvalue weighted by Crippen LogP contribution is 2.22. The summed E-state index contributed by atoms with van der Waals surface area (Å²) in [5.41, 5.74) is 7.79. The Kier molecular flexibility index (Phi) is 3.42. The molecule has 90 valence electrons. The summed E-state index contributed by atoms with van der Waals surface area (Å²) in [6.07, 6.45) is 2.28. The monoisotopic (exact) mass is 230 g/mol. The number of fused-ring (bicyclic) bond motifs is 1. The van der Waals surface area contributed by atoms with E-state index < -0.39 is 0 Å². The molecule has 0 amide bonds. The van der Waals surface area contributed by atoms with Gasteiger partial charge in [0.1, 0.15) is 5.82 Å². The van der Waals surface area contributed by atoms with Crippen LogP contribution in [0.25, 0.3) is 10.9 Å². The molecule has 0 radical (unpaired) electrons. The predicted octanol–water partition coefficient (Wildman–Crippen LogP) is 2.73. The Hall–Kier alpha value is -1.84. The number of nitrogens with one attached hydrogen (secondary N) is 1. The van der Waals surface area contributed by atoms with Crippen molar-refractivity contribution in [3.63, 3.8) is 0 Å². The molecule has 2 rings (SSSR count). The molecule has 0 fully saturated rings. The van der Waals surface area contributed by atoms with Gasteiger partial charge in [0.05, 0.1) is 5.52 Å². The minimum atomic E-state index is 0.320. The molecule has 0 aliphatic carbocycles. The molecule has 0 unspecified atom stereocenters. The van der Waals surface area contributed by atoms with Crippen LogP contribution in [-0.2, 0) is 0 Å². The summed E-state index contributed by atoms with van der Waals surface area (Å²) in [6.45, 7) is 5.14. The van der Waals surface area contributed by atoms with Crippen molar-refractivity contribution in [2.75, 3.05) is 17.6 Å². The van der Waals surface area contributed by atoms with Crippen LogP contribution in [0.15, 0.2) is 18.2 Å². The van der Waals surface area contributed by atoms with Gasteiger partial charge in [0, 0.05) is 11.9 Å². The molecule has 0 aliphatic heterocycles. The molecular formula is C13H18N4. The minimum absolute atomic E-state index is 0.320. The number of nitrogen functional groups attached to an aromatic ring is 1. The highest BCUT2D eigenvalue weighted by atomic mass is 15.1. The smallest absolute Gasteiger partial charge is 0.222 e. The zero-order valence-electron chi connectivity index (χ0n) is 10.3. The average molecular weight is 230 g/mol. The Morgan fingerprint density at radius 3 is 2.88 bits per heavy atom. The van der Waals surface area contributed by atoms with Crippen LogP contribution in [0, 0.1) is 6.92 Å². The summed E-state index contributed by atoms with van der Waals surface area (Å²) < 4.78 is 0. The molecule has 0 atom stereocenters. The lowest BCUT2D eigenvalue weighted by Gasteiger charge is -2.09. The van der Waals surface area contributed by atoms with Gasteiger partial charge >= 0.3 is 0 Å². The molecule has 1 heterocycles. The van der Waals surface area contributed by atoms with Crippen LogP contribution in [0.1, 0.15) is 25.3 Å². The molecule has 0 spiro atoms. The van der Waals surface area contributed by atoms with Crippen molar-refractivity contribution >= 4 is 22.7 Å². The van der Waals surface area contributed by atoms with E-state index in [2.05, 4.69) is 35.2 Å². The first-order valence-electron chi connectivity index (χ1n) is 5.98. The maximum atomic E-state index is 5.70. The molecule has 4 nitrogen and oxygen atoms in total. The fourth-order valence-electron chi connectivity index (χ4n) is 1.78. The molecule has 1 aromatic heterocycles. The van der Waals surface area contributed by atoms with E-state index in [0.717, 1.165) is 36.1 Å². The van der Waals surface area contributed by atoms with Gasteiger partial charge in [-0.1, -0.05) is 25.0 Å². The zero-order chi connectivity index (χ0) is 12.3. The van der Waals surface area contributed by atoms with E-state index in [4.69, 9.17) is 5.73 Å². The van der Waals surface area contributed by atoms with Crippen LogP contribution in [0.5, 0.6) is 0 Å². The Bertz CT molecular complexity index is 522. The van der Waals surface area contributed by atoms with E-state index in [1.807, 2.05) is 12.1 Å². The fourth-order valence-corrected chi connectivity index (χ4v) is 1.78. The second kappa shape index (κ2) is 4.99. The minimum Gasteiger partial charge on any atom is -0.369 e. The zero-order valence-corrected chi connectivity index (χ0v) is 10.3. The fraction of sp³-hybridized carbons (Fsp3) is 0.385. The molecule has 4 heteroatoms. The summed E-state index contributed by atoms with van der Waals surface area (Å²) in [4.78, 5) is 8.50. The Labute approximate surface area is 101 Å². The molecule has 0 bridgehead atoms. The van der Waals surface area contributed by atoms with Crippen molar-refractivity contribution in [2.45, 2.75) is 26.7 Å². The first-order valence-corrected chi connectivity index (χ1v) is 5.98. The van der Waals surface area contributed by atoms with E-state index in [0.29, 0.717) is 5.95 Å². The summed E-state index contributed by atoms with van der Waals surface area (Å²) in [6, 6.07) is 6.10. The number of nitrogens with two attached hydrogens (primary N) is 1. The van der Waals surface area contributed by atoms with Gasteiger partial charge in [0.15, 0.2) is 0 Å². The van der Waals surface area contributed by atoms with Crippen LogP contribution < -0.4 is 11.1 Å². The predicted molar refractivity (Wildman–Crippen MR) is 72.1 cm³/mol. The van der Waals surface area contributed by atoms with E-state index in [-0.39, 0.29) is 0 Å². The van der Waals surface area contributed by atoms with Gasteiger partial charge in [0.25, 0.3) is 0 Å². The van der Waals surface area contributed by atoms with Crippen LogP contribution in [-0.4, -0.2) is 16.5 Å². The first kappa shape index (κ1) is 11.6. The number of hydrogen-bond acceptors (Lipinski definition) is 4. The van der Waals surface area contributed by atoms with Crippen LogP contribution in [0.4, 0.5) is 11.8 Å². The first-order chi connectivity index (χ1) is 8.20. The molecule has 0 saturated heterocycles. The van der Waals surface area contributed by atoms with Crippen molar-refractivity contribution in [3.05, 3.63) is 23.8 Å². The maximum Gasteiger partial charge on any atom is 0.222 e. The summed E-state index contributed by atoms with van der Waals surface area (Å²) in [5.74, 6) is 1.16. The highest BCUT2D eigenvalue weighted by molar-refractivity contribution is 5.90. The number of nitrogens with zero attached hydrogens (tertiary/aromatic N) is 2. The molecule has 2 aromatic rings. The summed E-state index contributed by atoms with van der Waals surface area (Å²) >= 11 is 0. The van der Waals surface area contributed by atoms with E-state index >= 15 is 0 Å². The summed E-state index contributed by atoms with van der Waals surface area (Å²) in [7, 11) is 0. The molecule has 1 aromatic carbocycles. The maximum absolute atomic E-state index is 5.70. The topological polar surface area (TPSA) is 63.8 Å². The van der Waals surface area contributed by atoms with E-state index in [9.17, 15) is 0 Å². The standard InChI is InChI=1S/C13H18N4/c1-3-4-7-15-12-10-8-9(2)5-6-11(10)16-13(14)17-12/h5-6,8H,3-4,7H2,1-2H3,(H3,14,15,16,17). The van der Waals surface area contributed by atoms with Gasteiger partial charge in [-0.3, -0.25) is 0 Å². The number of hydrogen-bond donors (Lipinski definition) is 2. The number of unbranched alkanes of at least 4 members (excludes halogenated alkanes) is 1.